The molecule has 3 aromatic carbocycles. The summed E-state index contributed by atoms with van der Waals surface area (Å²) in [4.78, 5) is 13.3. The number of nitrogens with zero attached hydrogens (tertiary/aromatic N) is 1. The van der Waals surface area contributed by atoms with Crippen molar-refractivity contribution in [1.82, 2.24) is 4.57 Å². The van der Waals surface area contributed by atoms with Crippen LogP contribution in [0.5, 0.6) is 5.75 Å². The maximum Gasteiger partial charge on any atom is 0.259 e. The highest BCUT2D eigenvalue weighted by atomic mass is 16.5. The van der Waals surface area contributed by atoms with Crippen LogP contribution in [0.15, 0.2) is 83.7 Å². The molecule has 1 aromatic heterocycles. The largest absolute Gasteiger partial charge is 0.497 e. The maximum atomic E-state index is 13.3. The SMILES string of the molecule is COc1ccc(Cn2c(-c3ccc(C)cc3)cc3ccccc3c2=O)cc1. The van der Waals surface area contributed by atoms with Crippen LogP contribution in [0.3, 0.4) is 0 Å². The molecule has 0 N–H and O–H groups in total. The molecule has 3 heteroatoms. The van der Waals surface area contributed by atoms with Crippen molar-refractivity contribution >= 4 is 10.8 Å². The molecule has 0 unspecified atom stereocenters. The van der Waals surface area contributed by atoms with Gasteiger partial charge in [0, 0.05) is 5.39 Å². The summed E-state index contributed by atoms with van der Waals surface area (Å²) in [5.41, 5.74) is 4.25. The first-order valence-corrected chi connectivity index (χ1v) is 8.98. The van der Waals surface area contributed by atoms with Crippen molar-refractivity contribution in [3.63, 3.8) is 0 Å². The van der Waals surface area contributed by atoms with Gasteiger partial charge < -0.3 is 9.30 Å². The fourth-order valence-electron chi connectivity index (χ4n) is 3.33. The van der Waals surface area contributed by atoms with E-state index >= 15 is 0 Å². The minimum atomic E-state index is 0.0273. The number of rotatable bonds is 4. The van der Waals surface area contributed by atoms with Gasteiger partial charge in [-0.25, -0.2) is 0 Å². The number of pyridine rings is 1. The lowest BCUT2D eigenvalue weighted by Gasteiger charge is -2.15. The third-order valence-electron chi connectivity index (χ3n) is 4.87. The molecule has 0 aliphatic carbocycles. The summed E-state index contributed by atoms with van der Waals surface area (Å²) in [7, 11) is 1.65. The lowest BCUT2D eigenvalue weighted by molar-refractivity contribution is 0.414. The van der Waals surface area contributed by atoms with Gasteiger partial charge in [-0.3, -0.25) is 4.79 Å². The van der Waals surface area contributed by atoms with Crippen molar-refractivity contribution in [3.8, 4) is 17.0 Å². The van der Waals surface area contributed by atoms with Crippen LogP contribution in [-0.2, 0) is 6.54 Å². The van der Waals surface area contributed by atoms with E-state index in [4.69, 9.17) is 4.74 Å². The van der Waals surface area contributed by atoms with Crippen LogP contribution >= 0.6 is 0 Å². The Morgan fingerprint density at radius 2 is 1.59 bits per heavy atom. The van der Waals surface area contributed by atoms with E-state index in [1.54, 1.807) is 7.11 Å². The van der Waals surface area contributed by atoms with Crippen LogP contribution in [0.2, 0.25) is 0 Å². The standard InChI is InChI=1S/C24H21NO2/c1-17-7-11-19(12-8-17)23-15-20-5-3-4-6-22(20)24(26)25(23)16-18-9-13-21(27-2)14-10-18/h3-15H,16H2,1-2H3. The Bertz CT molecular complexity index is 1140. The number of ether oxygens (including phenoxy) is 1. The number of methoxy groups -OCH3 is 1. The van der Waals surface area contributed by atoms with Gasteiger partial charge >= 0.3 is 0 Å². The van der Waals surface area contributed by atoms with E-state index in [1.165, 1.54) is 5.56 Å². The third-order valence-corrected chi connectivity index (χ3v) is 4.87. The Morgan fingerprint density at radius 1 is 0.889 bits per heavy atom. The molecule has 4 rings (SSSR count). The number of hydrogen-bond acceptors (Lipinski definition) is 2. The molecule has 27 heavy (non-hydrogen) atoms. The van der Waals surface area contributed by atoms with Crippen LogP contribution < -0.4 is 10.3 Å². The molecule has 0 saturated carbocycles. The van der Waals surface area contributed by atoms with E-state index in [1.807, 2.05) is 53.1 Å². The van der Waals surface area contributed by atoms with Gasteiger partial charge in [0.15, 0.2) is 0 Å². The number of benzene rings is 3. The molecule has 0 aliphatic rings. The monoisotopic (exact) mass is 355 g/mol. The van der Waals surface area contributed by atoms with E-state index in [-0.39, 0.29) is 5.56 Å². The van der Waals surface area contributed by atoms with Crippen LogP contribution in [0.4, 0.5) is 0 Å². The lowest BCUT2D eigenvalue weighted by atomic mass is 10.0. The Hall–Kier alpha value is -3.33. The first kappa shape index (κ1) is 17.1. The summed E-state index contributed by atoms with van der Waals surface area (Å²) < 4.78 is 7.09. The zero-order chi connectivity index (χ0) is 18.8. The minimum absolute atomic E-state index is 0.0273. The van der Waals surface area contributed by atoms with Gasteiger partial charge in [0.25, 0.3) is 5.56 Å². The van der Waals surface area contributed by atoms with Gasteiger partial charge in [0.1, 0.15) is 5.75 Å². The zero-order valence-corrected chi connectivity index (χ0v) is 15.5. The van der Waals surface area contributed by atoms with Crippen molar-refractivity contribution in [2.45, 2.75) is 13.5 Å². The predicted octanol–water partition coefficient (Wildman–Crippen LogP) is 5.03. The molecule has 4 aromatic rings. The molecule has 0 aliphatic heterocycles. The molecule has 1 heterocycles. The van der Waals surface area contributed by atoms with Crippen molar-refractivity contribution in [3.05, 3.63) is 100 Å². The highest BCUT2D eigenvalue weighted by Gasteiger charge is 2.11. The van der Waals surface area contributed by atoms with Crippen LogP contribution in [-0.4, -0.2) is 11.7 Å². The molecular weight excluding hydrogens is 334 g/mol. The van der Waals surface area contributed by atoms with Crippen LogP contribution in [0, 0.1) is 6.92 Å². The Balaban J connectivity index is 1.90. The normalized spacial score (nSPS) is 10.9. The third kappa shape index (κ3) is 3.36. The number of fused-ring (bicyclic) bond motifs is 1. The number of aryl methyl sites for hydroxylation is 1. The molecule has 0 bridgehead atoms. The summed E-state index contributed by atoms with van der Waals surface area (Å²) in [6.45, 7) is 2.57. The van der Waals surface area contributed by atoms with E-state index in [0.29, 0.717) is 6.54 Å². The second-order valence-corrected chi connectivity index (χ2v) is 6.72. The minimum Gasteiger partial charge on any atom is -0.497 e. The Kier molecular flexibility index (Phi) is 4.51. The molecule has 0 atom stereocenters. The average molecular weight is 355 g/mol. The lowest BCUT2D eigenvalue weighted by Crippen LogP contribution is -2.22. The highest BCUT2D eigenvalue weighted by Crippen LogP contribution is 2.24. The Labute approximate surface area is 158 Å². The van der Waals surface area contributed by atoms with Crippen LogP contribution in [0.25, 0.3) is 22.0 Å². The maximum absolute atomic E-state index is 13.3. The van der Waals surface area contributed by atoms with Gasteiger partial charge in [-0.1, -0.05) is 60.2 Å². The molecule has 0 amide bonds. The molecule has 0 spiro atoms. The number of hydrogen-bond donors (Lipinski definition) is 0. The van der Waals surface area contributed by atoms with E-state index in [0.717, 1.165) is 33.3 Å². The fourth-order valence-corrected chi connectivity index (χ4v) is 3.33. The molecule has 134 valence electrons. The molecule has 0 fully saturated rings. The summed E-state index contributed by atoms with van der Waals surface area (Å²) in [6, 6.07) is 26.0. The molecule has 0 saturated heterocycles. The first-order chi connectivity index (χ1) is 13.2. The van der Waals surface area contributed by atoms with Gasteiger partial charge in [0.05, 0.1) is 19.3 Å². The summed E-state index contributed by atoms with van der Waals surface area (Å²) in [5, 5.41) is 1.70. The average Bonchev–Trinajstić information content (AvgIpc) is 2.71. The summed E-state index contributed by atoms with van der Waals surface area (Å²) >= 11 is 0. The predicted molar refractivity (Wildman–Crippen MR) is 110 cm³/mol. The smallest absolute Gasteiger partial charge is 0.259 e. The highest BCUT2D eigenvalue weighted by molar-refractivity contribution is 5.85. The number of aromatic nitrogens is 1. The molecule has 0 radical (unpaired) electrons. The van der Waals surface area contributed by atoms with Crippen molar-refractivity contribution in [1.29, 1.82) is 0 Å². The second-order valence-electron chi connectivity index (χ2n) is 6.72. The first-order valence-electron chi connectivity index (χ1n) is 8.98. The molecular formula is C24H21NO2. The second kappa shape index (κ2) is 7.12. The van der Waals surface area contributed by atoms with Crippen molar-refractivity contribution in [2.24, 2.45) is 0 Å². The fraction of sp³-hybridized carbons (Fsp3) is 0.125. The topological polar surface area (TPSA) is 31.2 Å². The zero-order valence-electron chi connectivity index (χ0n) is 15.5. The van der Waals surface area contributed by atoms with Crippen molar-refractivity contribution < 1.29 is 4.74 Å². The van der Waals surface area contributed by atoms with Gasteiger partial charge in [-0.15, -0.1) is 0 Å². The van der Waals surface area contributed by atoms with Gasteiger partial charge in [-0.2, -0.15) is 0 Å². The summed E-state index contributed by atoms with van der Waals surface area (Å²) in [6.07, 6.45) is 0. The summed E-state index contributed by atoms with van der Waals surface area (Å²) in [5.74, 6) is 0.809. The van der Waals surface area contributed by atoms with Crippen LogP contribution in [0.1, 0.15) is 11.1 Å². The van der Waals surface area contributed by atoms with E-state index in [9.17, 15) is 4.79 Å². The van der Waals surface area contributed by atoms with E-state index < -0.39 is 0 Å². The Morgan fingerprint density at radius 3 is 2.30 bits per heavy atom. The van der Waals surface area contributed by atoms with Gasteiger partial charge in [0.2, 0.25) is 0 Å². The molecule has 3 nitrogen and oxygen atoms in total. The quantitative estimate of drug-likeness (QED) is 0.514. The van der Waals surface area contributed by atoms with Crippen molar-refractivity contribution in [2.75, 3.05) is 7.11 Å². The van der Waals surface area contributed by atoms with E-state index in [2.05, 4.69) is 37.3 Å². The van der Waals surface area contributed by atoms with Gasteiger partial charge in [-0.05, 0) is 47.7 Å².